The van der Waals surface area contributed by atoms with Crippen molar-refractivity contribution >= 4 is 0 Å². The first-order valence-corrected chi connectivity index (χ1v) is 6.52. The van der Waals surface area contributed by atoms with Crippen molar-refractivity contribution in [1.82, 2.24) is 5.32 Å². The van der Waals surface area contributed by atoms with Crippen molar-refractivity contribution in [3.8, 4) is 0 Å². The molecule has 0 heterocycles. The van der Waals surface area contributed by atoms with Gasteiger partial charge in [-0.1, -0.05) is 42.7 Å². The van der Waals surface area contributed by atoms with Crippen LogP contribution in [0.1, 0.15) is 42.7 Å². The number of benzene rings is 1. The van der Waals surface area contributed by atoms with Crippen molar-refractivity contribution < 1.29 is 0 Å². The quantitative estimate of drug-likeness (QED) is 0.814. The molecule has 2 rings (SSSR count). The predicted molar refractivity (Wildman–Crippen MR) is 69.8 cm³/mol. The third kappa shape index (κ3) is 2.65. The molecule has 0 spiro atoms. The van der Waals surface area contributed by atoms with Gasteiger partial charge >= 0.3 is 0 Å². The van der Waals surface area contributed by atoms with Crippen LogP contribution in [0.3, 0.4) is 0 Å². The fourth-order valence-electron chi connectivity index (χ4n) is 2.95. The van der Waals surface area contributed by atoms with E-state index in [9.17, 15) is 0 Å². The lowest BCUT2D eigenvalue weighted by molar-refractivity contribution is 0.421. The van der Waals surface area contributed by atoms with Crippen molar-refractivity contribution in [3.63, 3.8) is 0 Å². The largest absolute Gasteiger partial charge is 0.319 e. The van der Waals surface area contributed by atoms with E-state index < -0.39 is 0 Å². The predicted octanol–water partition coefficient (Wildman–Crippen LogP) is 3.49. The highest BCUT2D eigenvalue weighted by atomic mass is 14.8. The number of hydrogen-bond donors (Lipinski definition) is 1. The zero-order chi connectivity index (χ0) is 11.4. The zero-order valence-electron chi connectivity index (χ0n) is 10.5. The van der Waals surface area contributed by atoms with Crippen LogP contribution >= 0.6 is 0 Å². The minimum atomic E-state index is 0.716. The Bertz CT molecular complexity index is 309. The summed E-state index contributed by atoms with van der Waals surface area (Å²) in [5.74, 6) is 1.61. The Morgan fingerprint density at radius 1 is 1.19 bits per heavy atom. The normalized spacial score (nSPS) is 18.9. The Labute approximate surface area is 99.3 Å². The molecule has 88 valence electrons. The van der Waals surface area contributed by atoms with Crippen LogP contribution in [0.2, 0.25) is 0 Å². The molecule has 1 nitrogen and oxygen atoms in total. The van der Waals surface area contributed by atoms with Gasteiger partial charge in [0.25, 0.3) is 0 Å². The molecule has 0 aliphatic heterocycles. The van der Waals surface area contributed by atoms with E-state index in [1.54, 1.807) is 0 Å². The fourth-order valence-corrected chi connectivity index (χ4v) is 2.95. The second-order valence-corrected chi connectivity index (χ2v) is 5.12. The Balaban J connectivity index is 2.14. The molecule has 1 saturated carbocycles. The monoisotopic (exact) mass is 217 g/mol. The van der Waals surface area contributed by atoms with Gasteiger partial charge in [0.05, 0.1) is 0 Å². The highest BCUT2D eigenvalue weighted by Gasteiger charge is 2.25. The number of nitrogens with one attached hydrogen (secondary N) is 1. The van der Waals surface area contributed by atoms with Gasteiger partial charge in [-0.25, -0.2) is 0 Å². The van der Waals surface area contributed by atoms with Crippen molar-refractivity contribution in [2.24, 2.45) is 5.92 Å². The molecule has 1 aliphatic carbocycles. The van der Waals surface area contributed by atoms with Gasteiger partial charge in [0.15, 0.2) is 0 Å². The molecule has 1 heteroatoms. The smallest absolute Gasteiger partial charge is 0.00198 e. The molecule has 1 atom stereocenters. The average molecular weight is 217 g/mol. The number of hydrogen-bond acceptors (Lipinski definition) is 1. The summed E-state index contributed by atoms with van der Waals surface area (Å²) in [5, 5.41) is 3.36. The summed E-state index contributed by atoms with van der Waals surface area (Å²) in [6.07, 6.45) is 5.69. The molecular formula is C15H23N. The van der Waals surface area contributed by atoms with Crippen molar-refractivity contribution in [2.45, 2.75) is 38.5 Å². The van der Waals surface area contributed by atoms with Crippen LogP contribution < -0.4 is 5.32 Å². The summed E-state index contributed by atoms with van der Waals surface area (Å²) in [6, 6.07) is 9.12. The Morgan fingerprint density at radius 2 is 1.81 bits per heavy atom. The lowest BCUT2D eigenvalue weighted by atomic mass is 9.84. The van der Waals surface area contributed by atoms with Gasteiger partial charge in [-0.3, -0.25) is 0 Å². The zero-order valence-corrected chi connectivity index (χ0v) is 10.5. The maximum Gasteiger partial charge on any atom is 0.00198 e. The SMILES string of the molecule is CNCC(c1ccc(C)cc1)C1CCCC1. The molecule has 1 fully saturated rings. The molecule has 0 bridgehead atoms. The van der Waals surface area contributed by atoms with E-state index in [1.165, 1.54) is 36.8 Å². The first-order chi connectivity index (χ1) is 7.81. The van der Waals surface area contributed by atoms with Crippen LogP contribution in [0.4, 0.5) is 0 Å². The van der Waals surface area contributed by atoms with Gasteiger partial charge in [0.2, 0.25) is 0 Å². The minimum Gasteiger partial charge on any atom is -0.319 e. The van der Waals surface area contributed by atoms with E-state index in [2.05, 4.69) is 43.6 Å². The van der Waals surface area contributed by atoms with Gasteiger partial charge in [0, 0.05) is 6.54 Å². The van der Waals surface area contributed by atoms with Crippen LogP contribution in [0.5, 0.6) is 0 Å². The van der Waals surface area contributed by atoms with Crippen molar-refractivity contribution in [3.05, 3.63) is 35.4 Å². The number of rotatable bonds is 4. The molecule has 1 aromatic rings. The second-order valence-electron chi connectivity index (χ2n) is 5.12. The molecule has 16 heavy (non-hydrogen) atoms. The Kier molecular flexibility index (Phi) is 4.00. The van der Waals surface area contributed by atoms with Gasteiger partial charge in [-0.15, -0.1) is 0 Å². The highest BCUT2D eigenvalue weighted by Crippen LogP contribution is 2.36. The van der Waals surface area contributed by atoms with E-state index in [0.29, 0.717) is 5.92 Å². The summed E-state index contributed by atoms with van der Waals surface area (Å²) in [6.45, 7) is 3.28. The maximum atomic E-state index is 3.36. The molecule has 0 amide bonds. The van der Waals surface area contributed by atoms with Gasteiger partial charge < -0.3 is 5.32 Å². The van der Waals surface area contributed by atoms with Gasteiger partial charge in [0.1, 0.15) is 0 Å². The van der Waals surface area contributed by atoms with E-state index in [4.69, 9.17) is 0 Å². The van der Waals surface area contributed by atoms with Crippen LogP contribution in [0.25, 0.3) is 0 Å². The third-order valence-electron chi connectivity index (χ3n) is 3.90. The lowest BCUT2D eigenvalue weighted by Crippen LogP contribution is -2.22. The van der Waals surface area contributed by atoms with Crippen LogP contribution in [-0.4, -0.2) is 13.6 Å². The highest BCUT2D eigenvalue weighted by molar-refractivity contribution is 5.25. The first-order valence-electron chi connectivity index (χ1n) is 6.52. The molecule has 1 aliphatic rings. The standard InChI is InChI=1S/C15H23N/c1-12-7-9-14(10-8-12)15(11-16-2)13-5-3-4-6-13/h7-10,13,15-16H,3-6,11H2,1-2H3. The lowest BCUT2D eigenvalue weighted by Gasteiger charge is -2.23. The molecule has 0 aromatic heterocycles. The van der Waals surface area contributed by atoms with Crippen LogP contribution in [0.15, 0.2) is 24.3 Å². The van der Waals surface area contributed by atoms with Crippen molar-refractivity contribution in [2.75, 3.05) is 13.6 Å². The fraction of sp³-hybridized carbons (Fsp3) is 0.600. The van der Waals surface area contributed by atoms with E-state index in [0.717, 1.165) is 12.5 Å². The number of likely N-dealkylation sites (N-methyl/N-ethyl adjacent to an activating group) is 1. The van der Waals surface area contributed by atoms with Crippen LogP contribution in [-0.2, 0) is 0 Å². The second kappa shape index (κ2) is 5.49. The van der Waals surface area contributed by atoms with E-state index >= 15 is 0 Å². The van der Waals surface area contributed by atoms with Gasteiger partial charge in [-0.05, 0) is 44.2 Å². The molecule has 1 N–H and O–H groups in total. The minimum absolute atomic E-state index is 0.716. The van der Waals surface area contributed by atoms with E-state index in [1.807, 2.05) is 0 Å². The summed E-state index contributed by atoms with van der Waals surface area (Å²) in [7, 11) is 2.07. The topological polar surface area (TPSA) is 12.0 Å². The molecule has 1 aromatic carbocycles. The van der Waals surface area contributed by atoms with Crippen LogP contribution in [0, 0.1) is 12.8 Å². The first kappa shape index (κ1) is 11.7. The molecule has 0 saturated heterocycles. The Hall–Kier alpha value is -0.820. The maximum absolute atomic E-state index is 3.36. The summed E-state index contributed by atoms with van der Waals surface area (Å²) in [4.78, 5) is 0. The molecule has 1 unspecified atom stereocenters. The number of aryl methyl sites for hydroxylation is 1. The van der Waals surface area contributed by atoms with Crippen molar-refractivity contribution in [1.29, 1.82) is 0 Å². The third-order valence-corrected chi connectivity index (χ3v) is 3.90. The summed E-state index contributed by atoms with van der Waals surface area (Å²) >= 11 is 0. The van der Waals surface area contributed by atoms with E-state index in [-0.39, 0.29) is 0 Å². The molecule has 0 radical (unpaired) electrons. The summed E-state index contributed by atoms with van der Waals surface area (Å²) < 4.78 is 0. The molecular weight excluding hydrogens is 194 g/mol. The average Bonchev–Trinajstić information content (AvgIpc) is 2.81. The summed E-state index contributed by atoms with van der Waals surface area (Å²) in [5.41, 5.74) is 2.88. The van der Waals surface area contributed by atoms with Gasteiger partial charge in [-0.2, -0.15) is 0 Å². The Morgan fingerprint density at radius 3 is 2.38 bits per heavy atom.